The fourth-order valence-corrected chi connectivity index (χ4v) is 2.88. The maximum absolute atomic E-state index is 12.5. The van der Waals surface area contributed by atoms with E-state index in [4.69, 9.17) is 21.1 Å². The molecule has 0 radical (unpaired) electrons. The Hall–Kier alpha value is -3.25. The second-order valence-electron chi connectivity index (χ2n) is 5.92. The Morgan fingerprint density at radius 3 is 2.46 bits per heavy atom. The maximum Gasteiger partial charge on any atom is 0.325 e. The van der Waals surface area contributed by atoms with Gasteiger partial charge in [0, 0.05) is 18.5 Å². The Balaban J connectivity index is 1.63. The van der Waals surface area contributed by atoms with E-state index in [1.54, 1.807) is 6.07 Å². The lowest BCUT2D eigenvalue weighted by Crippen LogP contribution is -2.30. The number of carbonyl (C=O) groups is 2. The summed E-state index contributed by atoms with van der Waals surface area (Å²) >= 11 is 6.33. The molecule has 0 aliphatic heterocycles. The number of halogens is 1. The van der Waals surface area contributed by atoms with Gasteiger partial charge in [0.05, 0.1) is 23.4 Å². The van der Waals surface area contributed by atoms with Gasteiger partial charge in [-0.1, -0.05) is 41.9 Å². The van der Waals surface area contributed by atoms with Crippen molar-refractivity contribution in [1.29, 1.82) is 0 Å². The lowest BCUT2D eigenvalue weighted by atomic mass is 10.1. The number of hydrogen-bond acceptors (Lipinski definition) is 4. The Kier molecular flexibility index (Phi) is 6.34. The molecule has 3 aromatic rings. The first-order valence-corrected chi connectivity index (χ1v) is 8.95. The lowest BCUT2D eigenvalue weighted by molar-refractivity contribution is -0.143. The van der Waals surface area contributed by atoms with E-state index in [0.29, 0.717) is 16.5 Å². The zero-order valence-corrected chi connectivity index (χ0v) is 16.0. The van der Waals surface area contributed by atoms with Gasteiger partial charge in [-0.3, -0.25) is 9.59 Å². The van der Waals surface area contributed by atoms with E-state index in [0.717, 1.165) is 5.56 Å². The molecule has 0 aliphatic rings. The first-order valence-electron chi connectivity index (χ1n) is 8.57. The molecule has 144 valence electrons. The number of rotatable bonds is 7. The average Bonchev–Trinajstić information content (AvgIpc) is 3.25. The summed E-state index contributed by atoms with van der Waals surface area (Å²) < 4.78 is 12.3. The second kappa shape index (κ2) is 9.10. The van der Waals surface area contributed by atoms with Gasteiger partial charge in [0.1, 0.15) is 18.9 Å². The highest BCUT2D eigenvalue weighted by Gasteiger charge is 2.17. The minimum atomic E-state index is -0.536. The van der Waals surface area contributed by atoms with Gasteiger partial charge in [-0.15, -0.1) is 0 Å². The second-order valence-corrected chi connectivity index (χ2v) is 6.33. The number of aromatic nitrogens is 1. The monoisotopic (exact) mass is 398 g/mol. The highest BCUT2D eigenvalue weighted by atomic mass is 35.5. The number of ether oxygens (including phenoxy) is 2. The summed E-state index contributed by atoms with van der Waals surface area (Å²) in [6, 6.07) is 16.2. The van der Waals surface area contributed by atoms with Gasteiger partial charge < -0.3 is 19.4 Å². The number of esters is 1. The predicted octanol–water partition coefficient (Wildman–Crippen LogP) is 3.61. The van der Waals surface area contributed by atoms with E-state index in [2.05, 4.69) is 5.32 Å². The van der Waals surface area contributed by atoms with Crippen molar-refractivity contribution in [1.82, 2.24) is 9.88 Å². The molecule has 0 fully saturated rings. The van der Waals surface area contributed by atoms with Crippen LogP contribution in [0.1, 0.15) is 15.9 Å². The molecule has 0 saturated heterocycles. The van der Waals surface area contributed by atoms with E-state index >= 15 is 0 Å². The van der Waals surface area contributed by atoms with Crippen LogP contribution >= 0.6 is 11.6 Å². The largest absolute Gasteiger partial charge is 0.496 e. The number of nitrogens with one attached hydrogen (secondary N) is 1. The Bertz CT molecular complexity index is 956. The van der Waals surface area contributed by atoms with Crippen LogP contribution in [0.2, 0.25) is 5.02 Å². The maximum atomic E-state index is 12.5. The molecular weight excluding hydrogens is 380 g/mol. The SMILES string of the molecule is COc1cc(-n2cccc2)c(Cl)cc1C(=O)NCC(=O)OCc1ccccc1. The molecule has 1 amide bonds. The zero-order chi connectivity index (χ0) is 19.9. The zero-order valence-electron chi connectivity index (χ0n) is 15.2. The molecule has 1 N–H and O–H groups in total. The molecule has 0 atom stereocenters. The Labute approximate surface area is 167 Å². The summed E-state index contributed by atoms with van der Waals surface area (Å²) in [5.41, 5.74) is 1.79. The highest BCUT2D eigenvalue weighted by molar-refractivity contribution is 6.33. The van der Waals surface area contributed by atoms with Crippen LogP contribution in [0.3, 0.4) is 0 Å². The van der Waals surface area contributed by atoms with Crippen LogP contribution in [0.5, 0.6) is 5.75 Å². The average molecular weight is 399 g/mol. The normalized spacial score (nSPS) is 10.4. The molecular formula is C21H19ClN2O4. The molecule has 1 heterocycles. The smallest absolute Gasteiger partial charge is 0.325 e. The number of methoxy groups -OCH3 is 1. The van der Waals surface area contributed by atoms with Crippen LogP contribution in [0.4, 0.5) is 0 Å². The quantitative estimate of drug-likeness (QED) is 0.617. The molecule has 0 unspecified atom stereocenters. The van der Waals surface area contributed by atoms with Gasteiger partial charge in [0.2, 0.25) is 0 Å². The van der Waals surface area contributed by atoms with Gasteiger partial charge >= 0.3 is 5.97 Å². The standard InChI is InChI=1S/C21H19ClN2O4/c1-27-19-12-18(24-9-5-6-10-24)17(22)11-16(19)21(26)23-13-20(25)28-14-15-7-3-2-4-8-15/h2-12H,13-14H2,1H3,(H,23,26). The van der Waals surface area contributed by atoms with E-state index in [1.165, 1.54) is 13.2 Å². The first kappa shape index (κ1) is 19.5. The number of amides is 1. The van der Waals surface area contributed by atoms with E-state index in [9.17, 15) is 9.59 Å². The van der Waals surface area contributed by atoms with Crippen LogP contribution in [0, 0.1) is 0 Å². The highest BCUT2D eigenvalue weighted by Crippen LogP contribution is 2.29. The Morgan fingerprint density at radius 2 is 1.79 bits per heavy atom. The molecule has 7 heteroatoms. The summed E-state index contributed by atoms with van der Waals surface area (Å²) in [4.78, 5) is 24.4. The number of hydrogen-bond donors (Lipinski definition) is 1. The van der Waals surface area contributed by atoms with Crippen molar-refractivity contribution in [2.45, 2.75) is 6.61 Å². The van der Waals surface area contributed by atoms with Crippen molar-refractivity contribution in [3.05, 3.63) is 83.1 Å². The summed E-state index contributed by atoms with van der Waals surface area (Å²) in [7, 11) is 1.47. The molecule has 6 nitrogen and oxygen atoms in total. The molecule has 1 aromatic heterocycles. The summed E-state index contributed by atoms with van der Waals surface area (Å²) in [5.74, 6) is -0.663. The molecule has 3 rings (SSSR count). The van der Waals surface area contributed by atoms with E-state index in [-0.39, 0.29) is 18.7 Å². The van der Waals surface area contributed by atoms with Gasteiger partial charge in [-0.05, 0) is 23.8 Å². The molecule has 28 heavy (non-hydrogen) atoms. The number of nitrogens with zero attached hydrogens (tertiary/aromatic N) is 1. The fraction of sp³-hybridized carbons (Fsp3) is 0.143. The van der Waals surface area contributed by atoms with E-state index in [1.807, 2.05) is 59.4 Å². The van der Waals surface area contributed by atoms with E-state index < -0.39 is 11.9 Å². The molecule has 0 aliphatic carbocycles. The van der Waals surface area contributed by atoms with Crippen LogP contribution in [-0.4, -0.2) is 30.1 Å². The lowest BCUT2D eigenvalue weighted by Gasteiger charge is -2.13. The van der Waals surface area contributed by atoms with Crippen molar-refractivity contribution < 1.29 is 19.1 Å². The third kappa shape index (κ3) is 4.72. The summed E-state index contributed by atoms with van der Waals surface area (Å²) in [6.07, 6.45) is 3.67. The van der Waals surface area contributed by atoms with Gasteiger partial charge in [0.15, 0.2) is 0 Å². The van der Waals surface area contributed by atoms with Crippen molar-refractivity contribution in [3.8, 4) is 11.4 Å². The van der Waals surface area contributed by atoms with Crippen molar-refractivity contribution >= 4 is 23.5 Å². The predicted molar refractivity (Wildman–Crippen MR) is 106 cm³/mol. The summed E-state index contributed by atoms with van der Waals surface area (Å²) in [5, 5.41) is 2.92. The van der Waals surface area contributed by atoms with Crippen LogP contribution in [0.25, 0.3) is 5.69 Å². The Morgan fingerprint density at radius 1 is 1.07 bits per heavy atom. The molecule has 0 saturated carbocycles. The topological polar surface area (TPSA) is 69.6 Å². The minimum absolute atomic E-state index is 0.149. The van der Waals surface area contributed by atoms with Gasteiger partial charge in [-0.25, -0.2) is 0 Å². The van der Waals surface area contributed by atoms with Gasteiger partial charge in [0.25, 0.3) is 5.91 Å². The molecule has 2 aromatic carbocycles. The van der Waals surface area contributed by atoms with Crippen molar-refractivity contribution in [2.24, 2.45) is 0 Å². The van der Waals surface area contributed by atoms with Crippen molar-refractivity contribution in [3.63, 3.8) is 0 Å². The van der Waals surface area contributed by atoms with Gasteiger partial charge in [-0.2, -0.15) is 0 Å². The third-order valence-corrected chi connectivity index (χ3v) is 4.33. The van der Waals surface area contributed by atoms with Crippen LogP contribution < -0.4 is 10.1 Å². The molecule has 0 bridgehead atoms. The summed E-state index contributed by atoms with van der Waals surface area (Å²) in [6.45, 7) is -0.109. The fourth-order valence-electron chi connectivity index (χ4n) is 2.62. The molecule has 0 spiro atoms. The number of benzene rings is 2. The van der Waals surface area contributed by atoms with Crippen LogP contribution in [0.15, 0.2) is 67.0 Å². The minimum Gasteiger partial charge on any atom is -0.496 e. The van der Waals surface area contributed by atoms with Crippen molar-refractivity contribution in [2.75, 3.05) is 13.7 Å². The third-order valence-electron chi connectivity index (χ3n) is 4.03. The first-order chi connectivity index (χ1) is 13.6. The number of carbonyl (C=O) groups excluding carboxylic acids is 2. The van der Waals surface area contributed by atoms with Crippen LogP contribution in [-0.2, 0) is 16.1 Å².